The Morgan fingerprint density at radius 1 is 1.26 bits per heavy atom. The van der Waals surface area contributed by atoms with Crippen LogP contribution in [0, 0.1) is 11.7 Å². The third-order valence-electron chi connectivity index (χ3n) is 5.99. The third-order valence-corrected chi connectivity index (χ3v) is 8.01. The molecule has 0 saturated carbocycles. The molecule has 8 nitrogen and oxygen atoms in total. The van der Waals surface area contributed by atoms with Gasteiger partial charge in [0.2, 0.25) is 15.9 Å². The predicted molar refractivity (Wildman–Crippen MR) is 125 cm³/mol. The lowest BCUT2D eigenvalue weighted by atomic mass is 10.0. The fourth-order valence-electron chi connectivity index (χ4n) is 3.87. The number of likely N-dealkylation sites (N-methyl/N-ethyl adjacent to an activating group) is 1. The molecule has 0 bridgehead atoms. The van der Waals surface area contributed by atoms with Crippen LogP contribution in [-0.4, -0.2) is 81.2 Å². The van der Waals surface area contributed by atoms with Crippen molar-refractivity contribution < 1.29 is 32.2 Å². The minimum atomic E-state index is -3.98. The van der Waals surface area contributed by atoms with Crippen LogP contribution in [-0.2, 0) is 19.6 Å². The average molecular weight is 495 g/mol. The van der Waals surface area contributed by atoms with Crippen LogP contribution in [0.2, 0.25) is 0 Å². The lowest BCUT2D eigenvalue weighted by molar-refractivity contribution is -0.135. The molecule has 186 valence electrons. The number of aliphatic hydroxyl groups excluding tert-OH is 1. The molecule has 0 radical (unpaired) electrons. The van der Waals surface area contributed by atoms with Gasteiger partial charge in [-0.3, -0.25) is 4.79 Å². The van der Waals surface area contributed by atoms with Crippen molar-refractivity contribution in [3.8, 4) is 16.9 Å². The number of carbonyl (C=O) groups excluding carboxylic acids is 1. The van der Waals surface area contributed by atoms with Gasteiger partial charge in [-0.1, -0.05) is 25.1 Å². The first-order valence-electron chi connectivity index (χ1n) is 11.0. The molecule has 0 aromatic heterocycles. The van der Waals surface area contributed by atoms with Crippen molar-refractivity contribution in [2.75, 3.05) is 40.5 Å². The van der Waals surface area contributed by atoms with Gasteiger partial charge in [-0.2, -0.15) is 4.31 Å². The van der Waals surface area contributed by atoms with Gasteiger partial charge in [-0.25, -0.2) is 12.8 Å². The SMILES string of the molecule is COCC(=O)N(C)C[C@@H]1Oc2cc(-c3ccc(F)cc3)ccc2S(=O)(=O)N([C@@H](C)CO)C[C@H]1C. The molecule has 0 saturated heterocycles. The van der Waals surface area contributed by atoms with Crippen molar-refractivity contribution in [3.05, 3.63) is 48.3 Å². The second-order valence-corrected chi connectivity index (χ2v) is 10.5. The number of benzene rings is 2. The first-order chi connectivity index (χ1) is 16.1. The standard InChI is InChI=1S/C24H31FN2O6S/c1-16-12-27(17(2)14-28)34(30,31)23-10-7-19(18-5-8-20(25)9-6-18)11-21(23)33-22(16)13-26(3)24(29)15-32-4/h5-11,16-17,22,28H,12-15H2,1-4H3/t16-,17+,22+/m1/s1. The first kappa shape index (κ1) is 26.1. The number of halogens is 1. The number of fused-ring (bicyclic) bond motifs is 1. The van der Waals surface area contributed by atoms with Crippen LogP contribution in [0.15, 0.2) is 47.4 Å². The highest BCUT2D eigenvalue weighted by Crippen LogP contribution is 2.36. The van der Waals surface area contributed by atoms with Crippen LogP contribution in [0.3, 0.4) is 0 Å². The topological polar surface area (TPSA) is 96.4 Å². The van der Waals surface area contributed by atoms with E-state index in [2.05, 4.69) is 0 Å². The van der Waals surface area contributed by atoms with Gasteiger partial charge >= 0.3 is 0 Å². The monoisotopic (exact) mass is 494 g/mol. The fourth-order valence-corrected chi connectivity index (χ4v) is 5.70. The molecule has 0 fully saturated rings. The number of rotatable bonds is 7. The summed E-state index contributed by atoms with van der Waals surface area (Å²) in [6, 6.07) is 9.94. The van der Waals surface area contributed by atoms with Crippen LogP contribution in [0.25, 0.3) is 11.1 Å². The number of methoxy groups -OCH3 is 1. The second-order valence-electron chi connectivity index (χ2n) is 8.62. The molecule has 10 heteroatoms. The van der Waals surface area contributed by atoms with Crippen molar-refractivity contribution in [2.24, 2.45) is 5.92 Å². The summed E-state index contributed by atoms with van der Waals surface area (Å²) in [5.41, 5.74) is 1.36. The van der Waals surface area contributed by atoms with Crippen molar-refractivity contribution in [1.82, 2.24) is 9.21 Å². The van der Waals surface area contributed by atoms with E-state index in [1.165, 1.54) is 34.5 Å². The van der Waals surface area contributed by atoms with Gasteiger partial charge in [0.15, 0.2) is 0 Å². The summed E-state index contributed by atoms with van der Waals surface area (Å²) >= 11 is 0. The summed E-state index contributed by atoms with van der Waals surface area (Å²) in [4.78, 5) is 13.8. The highest BCUT2D eigenvalue weighted by atomic mass is 32.2. The molecule has 0 unspecified atom stereocenters. The van der Waals surface area contributed by atoms with Crippen molar-refractivity contribution in [3.63, 3.8) is 0 Å². The fraction of sp³-hybridized carbons (Fsp3) is 0.458. The maximum Gasteiger partial charge on any atom is 0.248 e. The van der Waals surface area contributed by atoms with Gasteiger partial charge in [-0.15, -0.1) is 0 Å². The van der Waals surface area contributed by atoms with Gasteiger partial charge in [0.1, 0.15) is 29.2 Å². The predicted octanol–water partition coefficient (Wildman–Crippen LogP) is 2.37. The van der Waals surface area contributed by atoms with Gasteiger partial charge in [-0.05, 0) is 42.3 Å². The molecule has 2 aromatic carbocycles. The molecule has 2 aromatic rings. The molecule has 1 N–H and O–H groups in total. The zero-order valence-corrected chi connectivity index (χ0v) is 20.6. The number of hydrogen-bond donors (Lipinski definition) is 1. The van der Waals surface area contributed by atoms with Crippen molar-refractivity contribution in [2.45, 2.75) is 30.9 Å². The number of ether oxygens (including phenoxy) is 2. The molecular weight excluding hydrogens is 463 g/mol. The van der Waals surface area contributed by atoms with Crippen LogP contribution in [0.5, 0.6) is 5.75 Å². The van der Waals surface area contributed by atoms with E-state index < -0.39 is 22.2 Å². The zero-order valence-electron chi connectivity index (χ0n) is 19.8. The maximum atomic E-state index is 13.5. The van der Waals surface area contributed by atoms with Crippen LogP contribution < -0.4 is 4.74 Å². The van der Waals surface area contributed by atoms with Crippen molar-refractivity contribution >= 4 is 15.9 Å². The Morgan fingerprint density at radius 2 is 1.91 bits per heavy atom. The molecule has 1 amide bonds. The first-order valence-corrected chi connectivity index (χ1v) is 12.4. The van der Waals surface area contributed by atoms with Crippen LogP contribution >= 0.6 is 0 Å². The minimum absolute atomic E-state index is 0.0265. The number of aliphatic hydroxyl groups is 1. The normalized spacial score (nSPS) is 21.0. The van der Waals surface area contributed by atoms with Crippen LogP contribution in [0.1, 0.15) is 13.8 Å². The summed E-state index contributed by atoms with van der Waals surface area (Å²) in [5.74, 6) is -0.765. The quantitative estimate of drug-likeness (QED) is 0.635. The molecule has 0 aliphatic carbocycles. The maximum absolute atomic E-state index is 13.5. The van der Waals surface area contributed by atoms with Gasteiger partial charge in [0, 0.05) is 32.7 Å². The number of sulfonamides is 1. The number of nitrogens with zero attached hydrogens (tertiary/aromatic N) is 2. The molecule has 34 heavy (non-hydrogen) atoms. The third kappa shape index (κ3) is 5.57. The number of amides is 1. The highest BCUT2D eigenvalue weighted by molar-refractivity contribution is 7.89. The van der Waals surface area contributed by atoms with Gasteiger partial charge in [0.25, 0.3) is 0 Å². The van der Waals surface area contributed by atoms with E-state index in [4.69, 9.17) is 9.47 Å². The Morgan fingerprint density at radius 3 is 2.53 bits per heavy atom. The van der Waals surface area contributed by atoms with Gasteiger partial charge < -0.3 is 19.5 Å². The largest absolute Gasteiger partial charge is 0.487 e. The summed E-state index contributed by atoms with van der Waals surface area (Å²) in [5, 5.41) is 9.74. The van der Waals surface area contributed by atoms with E-state index >= 15 is 0 Å². The van der Waals surface area contributed by atoms with E-state index in [0.717, 1.165) is 0 Å². The summed E-state index contributed by atoms with van der Waals surface area (Å²) < 4.78 is 52.9. The van der Waals surface area contributed by atoms with E-state index in [0.29, 0.717) is 11.1 Å². The zero-order chi connectivity index (χ0) is 25.0. The lowest BCUT2D eigenvalue weighted by Crippen LogP contribution is -2.50. The van der Waals surface area contributed by atoms with E-state index in [9.17, 15) is 22.7 Å². The summed E-state index contributed by atoms with van der Waals surface area (Å²) in [7, 11) is -0.908. The molecule has 1 aliphatic heterocycles. The molecule has 3 atom stereocenters. The van der Waals surface area contributed by atoms with E-state index in [1.54, 1.807) is 38.2 Å². The lowest BCUT2D eigenvalue weighted by Gasteiger charge is -2.37. The number of carbonyl (C=O) groups is 1. The molecule has 0 spiro atoms. The average Bonchev–Trinajstić information content (AvgIpc) is 2.81. The van der Waals surface area contributed by atoms with Gasteiger partial charge in [0.05, 0.1) is 13.2 Å². The molecule has 1 aliphatic rings. The Hall–Kier alpha value is -2.53. The summed E-state index contributed by atoms with van der Waals surface area (Å²) in [6.07, 6.45) is -0.531. The Kier molecular flexibility index (Phi) is 8.29. The van der Waals surface area contributed by atoms with Crippen molar-refractivity contribution in [1.29, 1.82) is 0 Å². The Labute approximate surface area is 199 Å². The Balaban J connectivity index is 2.08. The minimum Gasteiger partial charge on any atom is -0.487 e. The van der Waals surface area contributed by atoms with Crippen LogP contribution in [0.4, 0.5) is 4.39 Å². The Bertz CT molecular complexity index is 1110. The highest BCUT2D eigenvalue weighted by Gasteiger charge is 2.38. The number of hydrogen-bond acceptors (Lipinski definition) is 6. The second kappa shape index (κ2) is 10.8. The smallest absolute Gasteiger partial charge is 0.248 e. The molecule has 3 rings (SSSR count). The molecule has 1 heterocycles. The molecular formula is C24H31FN2O6S. The van der Waals surface area contributed by atoms with E-state index in [1.807, 2.05) is 6.92 Å². The van der Waals surface area contributed by atoms with E-state index in [-0.39, 0.29) is 54.6 Å². The summed E-state index contributed by atoms with van der Waals surface area (Å²) in [6.45, 7) is 3.39.